The molecule has 1 atom stereocenters. The predicted octanol–water partition coefficient (Wildman–Crippen LogP) is 3.76. The summed E-state index contributed by atoms with van der Waals surface area (Å²) in [6.45, 7) is 1.77. The van der Waals surface area contributed by atoms with E-state index in [0.717, 1.165) is 23.1 Å². The summed E-state index contributed by atoms with van der Waals surface area (Å²) in [6, 6.07) is 9.79. The van der Waals surface area contributed by atoms with Crippen LogP contribution < -0.4 is 16.0 Å². The largest absolute Gasteiger partial charge is 0.382 e. The molecule has 1 unspecified atom stereocenters. The Morgan fingerprint density at radius 1 is 0.932 bits per heavy atom. The quantitative estimate of drug-likeness (QED) is 0.0697. The number of ketones is 2. The Morgan fingerprint density at radius 2 is 1.75 bits per heavy atom. The van der Waals surface area contributed by atoms with Crippen molar-refractivity contribution >= 4 is 57.6 Å². The minimum atomic E-state index is -1.03. The van der Waals surface area contributed by atoms with Gasteiger partial charge in [0, 0.05) is 73.9 Å². The fraction of sp³-hybridized carbons (Fsp3) is 0.429. The monoisotopic (exact) mass is 801 g/mol. The lowest BCUT2D eigenvalue weighted by Gasteiger charge is -2.34. The average molecular weight is 802 g/mol. The number of carbonyl (C=O) groups is 6. The van der Waals surface area contributed by atoms with Gasteiger partial charge < -0.3 is 20.1 Å². The van der Waals surface area contributed by atoms with Crippen molar-refractivity contribution < 1.29 is 38.2 Å². The number of benzene rings is 1. The minimum Gasteiger partial charge on any atom is -0.382 e. The summed E-state index contributed by atoms with van der Waals surface area (Å²) < 4.78 is 12.9. The topological polar surface area (TPSA) is 228 Å². The van der Waals surface area contributed by atoms with Crippen molar-refractivity contribution in [3.05, 3.63) is 71.2 Å². The number of nitrogens with one attached hydrogen (secondary N) is 3. The number of pyridine rings is 2. The highest BCUT2D eigenvalue weighted by Crippen LogP contribution is 2.39. The number of carbonyl (C=O) groups excluding carboxylic acids is 6. The third-order valence-electron chi connectivity index (χ3n) is 11.2. The average Bonchev–Trinajstić information content (AvgIpc) is 3.87. The minimum absolute atomic E-state index is 0.00912. The number of aromatic nitrogens is 4. The number of piperidine rings is 1. The Balaban J connectivity index is 0.713. The Labute approximate surface area is 338 Å². The van der Waals surface area contributed by atoms with Gasteiger partial charge in [0.15, 0.2) is 17.2 Å². The fourth-order valence-corrected chi connectivity index (χ4v) is 7.83. The van der Waals surface area contributed by atoms with Gasteiger partial charge in [-0.05, 0) is 62.6 Å². The number of imide groups is 2. The highest BCUT2D eigenvalue weighted by molar-refractivity contribution is 6.25. The maximum absolute atomic E-state index is 13.5. The van der Waals surface area contributed by atoms with Gasteiger partial charge in [0.2, 0.25) is 11.8 Å². The summed E-state index contributed by atoms with van der Waals surface area (Å²) in [5, 5.41) is 23.1. The van der Waals surface area contributed by atoms with Crippen LogP contribution in [0.3, 0.4) is 0 Å². The van der Waals surface area contributed by atoms with Crippen molar-refractivity contribution in [1.29, 1.82) is 5.26 Å². The Morgan fingerprint density at radius 3 is 2.53 bits per heavy atom. The third kappa shape index (κ3) is 8.59. The second kappa shape index (κ2) is 17.2. The first-order valence-electron chi connectivity index (χ1n) is 20.0. The Hall–Kier alpha value is -6.38. The number of rotatable bonds is 19. The number of nitrogens with zero attached hydrogens (tertiary/aromatic N) is 6. The van der Waals surface area contributed by atoms with Crippen LogP contribution in [0.15, 0.2) is 48.9 Å². The van der Waals surface area contributed by atoms with Gasteiger partial charge in [0.1, 0.15) is 17.9 Å². The lowest BCUT2D eigenvalue weighted by molar-refractivity contribution is -0.136. The van der Waals surface area contributed by atoms with E-state index in [-0.39, 0.29) is 47.4 Å². The van der Waals surface area contributed by atoms with E-state index < -0.39 is 29.7 Å². The van der Waals surface area contributed by atoms with E-state index in [0.29, 0.717) is 105 Å². The molecule has 5 heterocycles. The summed E-state index contributed by atoms with van der Waals surface area (Å²) in [5.74, 6) is -1.43. The van der Waals surface area contributed by atoms with Crippen LogP contribution in [0, 0.1) is 23.2 Å². The molecule has 2 saturated carbocycles. The lowest BCUT2D eigenvalue weighted by atomic mass is 9.69. The smallest absolute Gasteiger partial charge is 0.264 e. The molecular formula is C42H43N9O8. The standard InChI is InChI=1S/C42H43N9O8/c43-20-25-17-27-22-47-51(39(27)46-21-25)36-19-32(48-28-6-7-28)30(23-45-36)35(53)18-24-15-26(16-24)34(52)5-2-11-58-13-14-59-12-10-44-31-4-1-3-29-38(31)42(57)50(41(29)56)33-8-9-37(54)49-40(33)55/h1,3-4,17,19,21-24,26,28,33,44H,2,5-16,18H2,(H,45,48)(H,49,54,55). The van der Waals surface area contributed by atoms with Crippen molar-refractivity contribution in [2.24, 2.45) is 11.8 Å². The van der Waals surface area contributed by atoms with Crippen LogP contribution in [0.25, 0.3) is 16.9 Å². The van der Waals surface area contributed by atoms with Gasteiger partial charge in [-0.25, -0.2) is 9.97 Å². The zero-order chi connectivity index (χ0) is 41.0. The summed E-state index contributed by atoms with van der Waals surface area (Å²) in [6.07, 6.45) is 9.65. The predicted molar refractivity (Wildman–Crippen MR) is 211 cm³/mol. The summed E-state index contributed by atoms with van der Waals surface area (Å²) in [5.41, 5.74) is 3.10. The molecule has 59 heavy (non-hydrogen) atoms. The van der Waals surface area contributed by atoms with Crippen molar-refractivity contribution in [2.45, 2.75) is 69.9 Å². The lowest BCUT2D eigenvalue weighted by Crippen LogP contribution is -2.54. The zero-order valence-corrected chi connectivity index (χ0v) is 32.3. The van der Waals surface area contributed by atoms with Gasteiger partial charge in [-0.2, -0.15) is 15.0 Å². The number of amides is 4. The van der Waals surface area contributed by atoms with Crippen LogP contribution in [-0.2, 0) is 23.9 Å². The van der Waals surface area contributed by atoms with Crippen LogP contribution >= 0.6 is 0 Å². The number of anilines is 2. The maximum Gasteiger partial charge on any atom is 0.264 e. The van der Waals surface area contributed by atoms with E-state index in [1.807, 2.05) is 6.07 Å². The highest BCUT2D eigenvalue weighted by Gasteiger charge is 2.45. The molecule has 17 heteroatoms. The van der Waals surface area contributed by atoms with Gasteiger partial charge in [-0.1, -0.05) is 6.07 Å². The molecule has 0 radical (unpaired) electrons. The molecule has 3 fully saturated rings. The second-order valence-corrected chi connectivity index (χ2v) is 15.4. The molecule has 304 valence electrons. The molecule has 3 N–H and O–H groups in total. The molecule has 3 aromatic heterocycles. The molecule has 1 aromatic carbocycles. The van der Waals surface area contributed by atoms with Crippen molar-refractivity contribution in [1.82, 2.24) is 30.0 Å². The molecule has 2 aliphatic carbocycles. The number of fused-ring (bicyclic) bond motifs is 2. The Kier molecular flexibility index (Phi) is 11.5. The maximum atomic E-state index is 13.5. The van der Waals surface area contributed by atoms with Gasteiger partial charge in [0.05, 0.1) is 54.0 Å². The second-order valence-electron chi connectivity index (χ2n) is 15.4. The first-order chi connectivity index (χ1) is 28.7. The summed E-state index contributed by atoms with van der Waals surface area (Å²) in [7, 11) is 0. The van der Waals surface area contributed by atoms with Crippen molar-refractivity contribution in [3.8, 4) is 11.9 Å². The number of hydrogen-bond donors (Lipinski definition) is 3. The van der Waals surface area contributed by atoms with E-state index in [4.69, 9.17) is 9.47 Å². The van der Waals surface area contributed by atoms with Gasteiger partial charge in [-0.15, -0.1) is 0 Å². The molecule has 1 saturated heterocycles. The first-order valence-corrected chi connectivity index (χ1v) is 20.0. The van der Waals surface area contributed by atoms with E-state index in [1.54, 1.807) is 41.3 Å². The molecule has 17 nitrogen and oxygen atoms in total. The van der Waals surface area contributed by atoms with E-state index in [2.05, 4.69) is 37.1 Å². The number of ether oxygens (including phenoxy) is 2. The van der Waals surface area contributed by atoms with E-state index in [1.165, 1.54) is 6.20 Å². The van der Waals surface area contributed by atoms with Gasteiger partial charge >= 0.3 is 0 Å². The normalized spacial score (nSPS) is 19.9. The highest BCUT2D eigenvalue weighted by atomic mass is 16.5. The van der Waals surface area contributed by atoms with Crippen molar-refractivity contribution in [2.75, 3.05) is 43.6 Å². The SMILES string of the molecule is N#Cc1cnc2c(cnn2-c2cc(NC3CC3)c(C(=O)CC3CC(C(=O)CCCOCCOCCNc4cccc5c4C(=O)N(C4CCC(=O)NC4=O)C5=O)C3)cn2)c1. The van der Waals surface area contributed by atoms with Crippen LogP contribution in [0.2, 0.25) is 0 Å². The first kappa shape index (κ1) is 39.4. The molecule has 4 aromatic rings. The van der Waals surface area contributed by atoms with Crippen LogP contribution in [-0.4, -0.2) is 105 Å². The van der Waals surface area contributed by atoms with Crippen LogP contribution in [0.5, 0.6) is 0 Å². The zero-order valence-electron chi connectivity index (χ0n) is 32.3. The van der Waals surface area contributed by atoms with E-state index >= 15 is 0 Å². The number of hydrogen-bond acceptors (Lipinski definition) is 14. The fourth-order valence-electron chi connectivity index (χ4n) is 7.83. The molecular weight excluding hydrogens is 759 g/mol. The van der Waals surface area contributed by atoms with Crippen LogP contribution in [0.1, 0.15) is 94.4 Å². The molecule has 0 spiro atoms. The molecule has 2 aliphatic heterocycles. The third-order valence-corrected chi connectivity index (χ3v) is 11.2. The van der Waals surface area contributed by atoms with Crippen LogP contribution in [0.4, 0.5) is 11.4 Å². The molecule has 4 aliphatic rings. The molecule has 8 rings (SSSR count). The Bertz CT molecular complexity index is 2380. The van der Waals surface area contributed by atoms with E-state index in [9.17, 15) is 34.0 Å². The molecule has 0 bridgehead atoms. The van der Waals surface area contributed by atoms with Crippen molar-refractivity contribution in [3.63, 3.8) is 0 Å². The molecule has 4 amide bonds. The number of nitriles is 1. The summed E-state index contributed by atoms with van der Waals surface area (Å²) in [4.78, 5) is 86.4. The van der Waals surface area contributed by atoms with Gasteiger partial charge in [-0.3, -0.25) is 39.0 Å². The number of Topliss-reactive ketones (excluding diaryl/α,β-unsaturated/α-hetero) is 2. The summed E-state index contributed by atoms with van der Waals surface area (Å²) >= 11 is 0. The van der Waals surface area contributed by atoms with Gasteiger partial charge in [0.25, 0.3) is 11.8 Å².